The standard InChI is InChI=1S/C16H15N5O3/c1-23-13-4-2-3-5-14(13)24-10-15(22)20-12-8-18-16(19-9-12)21-7-6-17-11-21/h2-9,11H,10H2,1H3,(H,20,22). The molecule has 3 aromatic rings. The molecule has 0 unspecified atom stereocenters. The number of carbonyl (C=O) groups excluding carboxylic acids is 1. The fourth-order valence-corrected chi connectivity index (χ4v) is 1.97. The van der Waals surface area contributed by atoms with Crippen LogP contribution in [0.2, 0.25) is 0 Å². The number of ether oxygens (including phenoxy) is 2. The van der Waals surface area contributed by atoms with Crippen molar-refractivity contribution in [2.24, 2.45) is 0 Å². The van der Waals surface area contributed by atoms with Gasteiger partial charge in [0.1, 0.15) is 6.33 Å². The molecule has 1 amide bonds. The highest BCUT2D eigenvalue weighted by molar-refractivity contribution is 5.91. The monoisotopic (exact) mass is 325 g/mol. The van der Waals surface area contributed by atoms with Crippen molar-refractivity contribution in [2.75, 3.05) is 19.0 Å². The molecule has 0 aliphatic carbocycles. The molecule has 0 aliphatic rings. The van der Waals surface area contributed by atoms with Crippen LogP contribution in [0.5, 0.6) is 11.5 Å². The van der Waals surface area contributed by atoms with E-state index < -0.39 is 0 Å². The Morgan fingerprint density at radius 3 is 2.62 bits per heavy atom. The van der Waals surface area contributed by atoms with Crippen LogP contribution in [0.4, 0.5) is 5.69 Å². The van der Waals surface area contributed by atoms with Gasteiger partial charge in [-0.1, -0.05) is 12.1 Å². The van der Waals surface area contributed by atoms with E-state index in [4.69, 9.17) is 9.47 Å². The maximum atomic E-state index is 12.0. The smallest absolute Gasteiger partial charge is 0.262 e. The van der Waals surface area contributed by atoms with Gasteiger partial charge in [-0.25, -0.2) is 15.0 Å². The third kappa shape index (κ3) is 3.67. The molecule has 0 atom stereocenters. The summed E-state index contributed by atoms with van der Waals surface area (Å²) in [4.78, 5) is 24.2. The lowest BCUT2D eigenvalue weighted by Gasteiger charge is -2.10. The molecular formula is C16H15N5O3. The minimum Gasteiger partial charge on any atom is -0.493 e. The van der Waals surface area contributed by atoms with Crippen molar-refractivity contribution in [3.8, 4) is 17.4 Å². The molecule has 3 rings (SSSR count). The van der Waals surface area contributed by atoms with Crippen LogP contribution in [-0.2, 0) is 4.79 Å². The number of anilines is 1. The lowest BCUT2D eigenvalue weighted by atomic mass is 10.3. The van der Waals surface area contributed by atoms with Gasteiger partial charge in [-0.15, -0.1) is 0 Å². The molecule has 122 valence electrons. The molecule has 0 saturated heterocycles. The molecule has 2 heterocycles. The van der Waals surface area contributed by atoms with Crippen molar-refractivity contribution < 1.29 is 14.3 Å². The summed E-state index contributed by atoms with van der Waals surface area (Å²) in [5.41, 5.74) is 0.479. The van der Waals surface area contributed by atoms with Gasteiger partial charge in [0.25, 0.3) is 5.91 Å². The van der Waals surface area contributed by atoms with E-state index >= 15 is 0 Å². The van der Waals surface area contributed by atoms with Gasteiger partial charge in [-0.3, -0.25) is 9.36 Å². The Morgan fingerprint density at radius 2 is 1.96 bits per heavy atom. The molecule has 0 radical (unpaired) electrons. The van der Waals surface area contributed by atoms with Gasteiger partial charge in [0.2, 0.25) is 5.95 Å². The number of benzene rings is 1. The van der Waals surface area contributed by atoms with Gasteiger partial charge in [0.15, 0.2) is 18.1 Å². The number of hydrogen-bond donors (Lipinski definition) is 1. The number of carbonyl (C=O) groups is 1. The Hall–Kier alpha value is -3.42. The van der Waals surface area contributed by atoms with Gasteiger partial charge in [0.05, 0.1) is 25.2 Å². The first kappa shape index (κ1) is 15.5. The zero-order valence-electron chi connectivity index (χ0n) is 12.9. The van der Waals surface area contributed by atoms with Crippen molar-refractivity contribution in [3.63, 3.8) is 0 Å². The average molecular weight is 325 g/mol. The molecule has 0 aliphatic heterocycles. The molecule has 0 fully saturated rings. The summed E-state index contributed by atoms with van der Waals surface area (Å²) in [6.45, 7) is -0.149. The molecule has 0 saturated carbocycles. The van der Waals surface area contributed by atoms with Crippen LogP contribution < -0.4 is 14.8 Å². The van der Waals surface area contributed by atoms with E-state index in [-0.39, 0.29) is 12.5 Å². The van der Waals surface area contributed by atoms with E-state index in [1.165, 1.54) is 12.4 Å². The maximum absolute atomic E-state index is 12.0. The van der Waals surface area contributed by atoms with Crippen LogP contribution in [0, 0.1) is 0 Å². The topological polar surface area (TPSA) is 91.2 Å². The van der Waals surface area contributed by atoms with Gasteiger partial charge in [-0.2, -0.15) is 0 Å². The van der Waals surface area contributed by atoms with Crippen molar-refractivity contribution >= 4 is 11.6 Å². The van der Waals surface area contributed by atoms with Crippen LogP contribution in [0.1, 0.15) is 0 Å². The third-order valence-electron chi connectivity index (χ3n) is 3.09. The molecule has 1 aromatic carbocycles. The number of imidazole rings is 1. The number of nitrogens with zero attached hydrogens (tertiary/aromatic N) is 4. The number of methoxy groups -OCH3 is 1. The highest BCUT2D eigenvalue weighted by atomic mass is 16.5. The zero-order valence-corrected chi connectivity index (χ0v) is 12.9. The quantitative estimate of drug-likeness (QED) is 0.741. The van der Waals surface area contributed by atoms with Gasteiger partial charge >= 0.3 is 0 Å². The maximum Gasteiger partial charge on any atom is 0.262 e. The predicted octanol–water partition coefficient (Wildman–Crippen LogP) is 1.69. The van der Waals surface area contributed by atoms with Crippen LogP contribution in [-0.4, -0.2) is 39.1 Å². The zero-order chi connectivity index (χ0) is 16.8. The summed E-state index contributed by atoms with van der Waals surface area (Å²) in [6.07, 6.45) is 7.99. The fourth-order valence-electron chi connectivity index (χ4n) is 1.97. The lowest BCUT2D eigenvalue weighted by molar-refractivity contribution is -0.118. The number of amides is 1. The molecule has 0 spiro atoms. The Labute approximate surface area is 138 Å². The molecule has 8 nitrogen and oxygen atoms in total. The first-order valence-electron chi connectivity index (χ1n) is 7.12. The van der Waals surface area contributed by atoms with Gasteiger partial charge in [0, 0.05) is 12.4 Å². The van der Waals surface area contributed by atoms with Crippen LogP contribution in [0.25, 0.3) is 5.95 Å². The van der Waals surface area contributed by atoms with Crippen molar-refractivity contribution in [1.29, 1.82) is 0 Å². The third-order valence-corrected chi connectivity index (χ3v) is 3.09. The summed E-state index contributed by atoms with van der Waals surface area (Å²) < 4.78 is 12.3. The SMILES string of the molecule is COc1ccccc1OCC(=O)Nc1cnc(-n2ccnc2)nc1. The molecule has 8 heteroatoms. The number of rotatable bonds is 6. The van der Waals surface area contributed by atoms with E-state index in [1.54, 1.807) is 48.6 Å². The molecule has 24 heavy (non-hydrogen) atoms. The van der Waals surface area contributed by atoms with Crippen molar-refractivity contribution in [3.05, 3.63) is 55.4 Å². The highest BCUT2D eigenvalue weighted by Crippen LogP contribution is 2.25. The Bertz CT molecular complexity index is 803. The summed E-state index contributed by atoms with van der Waals surface area (Å²) in [5.74, 6) is 1.22. The second kappa shape index (κ2) is 7.23. The van der Waals surface area contributed by atoms with E-state index in [9.17, 15) is 4.79 Å². The largest absolute Gasteiger partial charge is 0.493 e. The van der Waals surface area contributed by atoms with Crippen molar-refractivity contribution in [2.45, 2.75) is 0 Å². The molecular weight excluding hydrogens is 310 g/mol. The molecule has 2 aromatic heterocycles. The van der Waals surface area contributed by atoms with Gasteiger partial charge in [-0.05, 0) is 12.1 Å². The lowest BCUT2D eigenvalue weighted by Crippen LogP contribution is -2.20. The van der Waals surface area contributed by atoms with E-state index in [0.29, 0.717) is 23.1 Å². The number of nitrogens with one attached hydrogen (secondary N) is 1. The first-order chi connectivity index (χ1) is 11.8. The van der Waals surface area contributed by atoms with Crippen LogP contribution in [0.3, 0.4) is 0 Å². The molecule has 0 bridgehead atoms. The summed E-state index contributed by atoms with van der Waals surface area (Å²) in [5, 5.41) is 2.67. The number of aromatic nitrogens is 4. The second-order valence-corrected chi connectivity index (χ2v) is 4.73. The van der Waals surface area contributed by atoms with Crippen LogP contribution >= 0.6 is 0 Å². The fraction of sp³-hybridized carbons (Fsp3) is 0.125. The normalized spacial score (nSPS) is 10.2. The predicted molar refractivity (Wildman–Crippen MR) is 86.3 cm³/mol. The van der Waals surface area contributed by atoms with E-state index in [1.807, 2.05) is 6.07 Å². The Kier molecular flexibility index (Phi) is 4.66. The summed E-state index contributed by atoms with van der Waals surface area (Å²) in [7, 11) is 1.54. The van der Waals surface area contributed by atoms with Gasteiger partial charge < -0.3 is 14.8 Å². The number of para-hydroxylation sites is 2. The minimum atomic E-state index is -0.320. The first-order valence-corrected chi connectivity index (χ1v) is 7.12. The van der Waals surface area contributed by atoms with E-state index in [0.717, 1.165) is 0 Å². The van der Waals surface area contributed by atoms with Crippen molar-refractivity contribution in [1.82, 2.24) is 19.5 Å². The van der Waals surface area contributed by atoms with Crippen LogP contribution in [0.15, 0.2) is 55.4 Å². The summed E-state index contributed by atoms with van der Waals surface area (Å²) in [6, 6.07) is 7.12. The van der Waals surface area contributed by atoms with E-state index in [2.05, 4.69) is 20.3 Å². The Balaban J connectivity index is 1.57. The molecule has 1 N–H and O–H groups in total. The second-order valence-electron chi connectivity index (χ2n) is 4.73. The average Bonchev–Trinajstić information content (AvgIpc) is 3.15. The minimum absolute atomic E-state index is 0.149. The Morgan fingerprint density at radius 1 is 1.21 bits per heavy atom. The summed E-state index contributed by atoms with van der Waals surface area (Å²) >= 11 is 0. The highest BCUT2D eigenvalue weighted by Gasteiger charge is 2.08. The number of hydrogen-bond acceptors (Lipinski definition) is 6.